The molecule has 1 aromatic rings. The van der Waals surface area contributed by atoms with Crippen molar-refractivity contribution in [1.29, 1.82) is 0 Å². The predicted molar refractivity (Wildman–Crippen MR) is 76.9 cm³/mol. The summed E-state index contributed by atoms with van der Waals surface area (Å²) < 4.78 is 1.98. The Balaban J connectivity index is 1.88. The van der Waals surface area contributed by atoms with Crippen molar-refractivity contribution in [3.05, 3.63) is 24.0 Å². The van der Waals surface area contributed by atoms with Gasteiger partial charge in [-0.2, -0.15) is 0 Å². The fourth-order valence-electron chi connectivity index (χ4n) is 2.70. The molecule has 1 atom stereocenters. The number of aliphatic hydroxyl groups is 1. The monoisotopic (exact) mass is 266 g/mol. The third-order valence-electron chi connectivity index (χ3n) is 3.90. The topological polar surface area (TPSA) is 57.7 Å². The molecule has 0 radical (unpaired) electrons. The molecule has 1 aromatic heterocycles. The van der Waals surface area contributed by atoms with Gasteiger partial charge in [0.05, 0.1) is 0 Å². The number of aromatic nitrogens is 1. The van der Waals surface area contributed by atoms with Crippen LogP contribution in [0.2, 0.25) is 0 Å². The molecule has 5 nitrogen and oxygen atoms in total. The third kappa shape index (κ3) is 3.79. The highest BCUT2D eigenvalue weighted by molar-refractivity contribution is 5.18. The van der Waals surface area contributed by atoms with Crippen molar-refractivity contribution in [2.75, 3.05) is 45.8 Å². The first kappa shape index (κ1) is 14.5. The zero-order valence-corrected chi connectivity index (χ0v) is 12.0. The summed E-state index contributed by atoms with van der Waals surface area (Å²) in [7, 11) is 1.98. The largest absolute Gasteiger partial charge is 0.384 e. The van der Waals surface area contributed by atoms with E-state index >= 15 is 0 Å². The normalized spacial score (nSPS) is 21.5. The maximum Gasteiger partial charge on any atom is 0.101 e. The molecule has 1 saturated heterocycles. The molecule has 19 heavy (non-hydrogen) atoms. The summed E-state index contributed by atoms with van der Waals surface area (Å²) in [6.07, 6.45) is 3.97. The summed E-state index contributed by atoms with van der Waals surface area (Å²) in [5.41, 5.74) is 5.78. The molecule has 1 fully saturated rings. The van der Waals surface area contributed by atoms with Crippen LogP contribution in [0.25, 0.3) is 0 Å². The van der Waals surface area contributed by atoms with E-state index in [1.807, 2.05) is 37.0 Å². The molecule has 0 saturated carbocycles. The van der Waals surface area contributed by atoms with E-state index in [-0.39, 0.29) is 0 Å². The van der Waals surface area contributed by atoms with Gasteiger partial charge in [0.1, 0.15) is 5.60 Å². The highest BCUT2D eigenvalue weighted by Crippen LogP contribution is 2.22. The van der Waals surface area contributed by atoms with Gasteiger partial charge in [0, 0.05) is 70.8 Å². The van der Waals surface area contributed by atoms with Gasteiger partial charge >= 0.3 is 0 Å². The molecule has 5 heteroatoms. The quantitative estimate of drug-likeness (QED) is 0.775. The van der Waals surface area contributed by atoms with Crippen molar-refractivity contribution in [1.82, 2.24) is 14.4 Å². The summed E-state index contributed by atoms with van der Waals surface area (Å²) in [6.45, 7) is 8.38. The van der Waals surface area contributed by atoms with E-state index in [2.05, 4.69) is 9.80 Å². The standard InChI is InChI=1S/C14H26N4O/c1-14(19,13-3-5-16(2)11-13)12-18-9-7-17(6-4-15)8-10-18/h3,5,11,19H,4,6-10,12,15H2,1-2H3. The third-order valence-corrected chi connectivity index (χ3v) is 3.90. The van der Waals surface area contributed by atoms with Gasteiger partial charge < -0.3 is 15.4 Å². The first-order chi connectivity index (χ1) is 9.01. The maximum absolute atomic E-state index is 10.6. The molecule has 0 bridgehead atoms. The van der Waals surface area contributed by atoms with Crippen LogP contribution in [0.15, 0.2) is 18.5 Å². The first-order valence-corrected chi connectivity index (χ1v) is 7.01. The second-order valence-corrected chi connectivity index (χ2v) is 5.75. The van der Waals surface area contributed by atoms with E-state index in [1.54, 1.807) is 0 Å². The van der Waals surface area contributed by atoms with Gasteiger partial charge in [0.2, 0.25) is 0 Å². The molecular formula is C14H26N4O. The number of hydrogen-bond acceptors (Lipinski definition) is 4. The van der Waals surface area contributed by atoms with Crippen LogP contribution in [-0.4, -0.2) is 65.3 Å². The Morgan fingerprint density at radius 1 is 1.26 bits per heavy atom. The maximum atomic E-state index is 10.6. The van der Waals surface area contributed by atoms with Crippen molar-refractivity contribution in [3.8, 4) is 0 Å². The minimum atomic E-state index is -0.780. The van der Waals surface area contributed by atoms with Crippen LogP contribution in [-0.2, 0) is 12.6 Å². The zero-order valence-electron chi connectivity index (χ0n) is 12.0. The van der Waals surface area contributed by atoms with Gasteiger partial charge in [-0.05, 0) is 13.0 Å². The van der Waals surface area contributed by atoms with Crippen LogP contribution in [0.5, 0.6) is 0 Å². The summed E-state index contributed by atoms with van der Waals surface area (Å²) >= 11 is 0. The lowest BCUT2D eigenvalue weighted by atomic mass is 9.98. The molecular weight excluding hydrogens is 240 g/mol. The smallest absolute Gasteiger partial charge is 0.101 e. The Morgan fingerprint density at radius 2 is 1.89 bits per heavy atom. The fourth-order valence-corrected chi connectivity index (χ4v) is 2.70. The Labute approximate surface area is 115 Å². The molecule has 2 rings (SSSR count). The number of nitrogens with zero attached hydrogens (tertiary/aromatic N) is 3. The van der Waals surface area contributed by atoms with Gasteiger partial charge in [-0.25, -0.2) is 0 Å². The molecule has 108 valence electrons. The van der Waals surface area contributed by atoms with E-state index < -0.39 is 5.60 Å². The van der Waals surface area contributed by atoms with Gasteiger partial charge in [0.15, 0.2) is 0 Å². The fraction of sp³-hybridized carbons (Fsp3) is 0.714. The average Bonchev–Trinajstić information content (AvgIpc) is 2.79. The minimum absolute atomic E-state index is 0.688. The highest BCUT2D eigenvalue weighted by atomic mass is 16.3. The molecule has 0 spiro atoms. The van der Waals surface area contributed by atoms with Crippen molar-refractivity contribution < 1.29 is 5.11 Å². The van der Waals surface area contributed by atoms with Crippen LogP contribution in [0, 0.1) is 0 Å². The van der Waals surface area contributed by atoms with E-state index in [0.29, 0.717) is 6.54 Å². The second-order valence-electron chi connectivity index (χ2n) is 5.75. The number of hydrogen-bond donors (Lipinski definition) is 2. The molecule has 0 aromatic carbocycles. The molecule has 3 N–H and O–H groups in total. The highest BCUT2D eigenvalue weighted by Gasteiger charge is 2.28. The predicted octanol–water partition coefficient (Wildman–Crippen LogP) is -0.191. The number of aryl methyl sites for hydroxylation is 1. The molecule has 0 aliphatic carbocycles. The first-order valence-electron chi connectivity index (χ1n) is 7.01. The molecule has 1 aliphatic heterocycles. The summed E-state index contributed by atoms with van der Waals surface area (Å²) in [6, 6.07) is 1.99. The molecule has 0 amide bonds. The van der Waals surface area contributed by atoms with E-state index in [9.17, 15) is 5.11 Å². The van der Waals surface area contributed by atoms with Crippen LogP contribution >= 0.6 is 0 Å². The molecule has 1 aliphatic rings. The van der Waals surface area contributed by atoms with Crippen LogP contribution in [0.3, 0.4) is 0 Å². The summed E-state index contributed by atoms with van der Waals surface area (Å²) in [5, 5.41) is 10.6. The van der Waals surface area contributed by atoms with Gasteiger partial charge in [-0.1, -0.05) is 0 Å². The van der Waals surface area contributed by atoms with E-state index in [1.165, 1.54) is 0 Å². The lowest BCUT2D eigenvalue weighted by Gasteiger charge is -2.38. The number of rotatable bonds is 5. The number of nitrogens with two attached hydrogens (primary N) is 1. The van der Waals surface area contributed by atoms with Gasteiger partial charge in [-0.3, -0.25) is 9.80 Å². The lowest BCUT2D eigenvalue weighted by Crippen LogP contribution is -2.51. The Kier molecular flexibility index (Phi) is 4.62. The lowest BCUT2D eigenvalue weighted by molar-refractivity contribution is 0.000851. The second kappa shape index (κ2) is 6.05. The van der Waals surface area contributed by atoms with Crippen molar-refractivity contribution in [3.63, 3.8) is 0 Å². The molecule has 2 heterocycles. The van der Waals surface area contributed by atoms with Crippen molar-refractivity contribution in [2.45, 2.75) is 12.5 Å². The van der Waals surface area contributed by atoms with Crippen molar-refractivity contribution in [2.24, 2.45) is 12.8 Å². The average molecular weight is 266 g/mol. The van der Waals surface area contributed by atoms with Crippen LogP contribution in [0.1, 0.15) is 12.5 Å². The number of β-amino-alcohol motifs (C(OH)–C–C–N with tert-alkyl or cyclic N) is 1. The van der Waals surface area contributed by atoms with Crippen molar-refractivity contribution >= 4 is 0 Å². The summed E-state index contributed by atoms with van der Waals surface area (Å²) in [5.74, 6) is 0. The van der Waals surface area contributed by atoms with Crippen LogP contribution < -0.4 is 5.73 Å². The Morgan fingerprint density at radius 3 is 2.42 bits per heavy atom. The van der Waals surface area contributed by atoms with Gasteiger partial charge in [-0.15, -0.1) is 0 Å². The molecule has 1 unspecified atom stereocenters. The van der Waals surface area contributed by atoms with Crippen LogP contribution in [0.4, 0.5) is 0 Å². The Hall–Kier alpha value is -0.880. The van der Waals surface area contributed by atoms with Gasteiger partial charge in [0.25, 0.3) is 0 Å². The minimum Gasteiger partial charge on any atom is -0.384 e. The summed E-state index contributed by atoms with van der Waals surface area (Å²) in [4.78, 5) is 4.72. The van der Waals surface area contributed by atoms with E-state index in [4.69, 9.17) is 5.73 Å². The zero-order chi connectivity index (χ0) is 13.9. The Bertz CT molecular complexity index is 394. The van der Waals surface area contributed by atoms with E-state index in [0.717, 1.165) is 44.8 Å². The SMILES string of the molecule is Cn1ccc(C(C)(O)CN2CCN(CCN)CC2)c1. The number of piperazine rings is 1.